The molecule has 4 nitrogen and oxygen atoms in total. The summed E-state index contributed by atoms with van der Waals surface area (Å²) in [6.07, 6.45) is 2.80. The Hall–Kier alpha value is -0.870. The molecule has 2 atom stereocenters. The molecule has 0 amide bonds. The standard InChI is InChI=1S/C8H15N3O.C2H6/c1-6-4-11-5-8(12-6)7(2-9)3-10;1-2/h2-3,6,8-9,11H,4-5,10H2,1H3;1-2H3/b7-3+,9-2?;. The first-order valence-electron chi connectivity index (χ1n) is 5.06. The van der Waals surface area contributed by atoms with Crippen molar-refractivity contribution in [2.75, 3.05) is 13.1 Å². The summed E-state index contributed by atoms with van der Waals surface area (Å²) in [4.78, 5) is 0. The molecule has 0 aromatic carbocycles. The lowest BCUT2D eigenvalue weighted by Crippen LogP contribution is -2.44. The topological polar surface area (TPSA) is 71.1 Å². The summed E-state index contributed by atoms with van der Waals surface area (Å²) in [6, 6.07) is 0. The fraction of sp³-hybridized carbons (Fsp3) is 0.700. The van der Waals surface area contributed by atoms with Crippen LogP contribution < -0.4 is 11.1 Å². The zero-order chi connectivity index (χ0) is 11.0. The number of rotatable bonds is 2. The Morgan fingerprint density at radius 1 is 1.50 bits per heavy atom. The molecule has 0 bridgehead atoms. The van der Waals surface area contributed by atoms with E-state index in [9.17, 15) is 0 Å². The van der Waals surface area contributed by atoms with Crippen LogP contribution in [0.4, 0.5) is 0 Å². The molecule has 4 heteroatoms. The third kappa shape index (κ3) is 3.89. The molecule has 4 N–H and O–H groups in total. The van der Waals surface area contributed by atoms with E-state index in [0.717, 1.165) is 18.7 Å². The number of nitrogens with one attached hydrogen (secondary N) is 2. The van der Waals surface area contributed by atoms with Gasteiger partial charge in [0.1, 0.15) is 0 Å². The van der Waals surface area contributed by atoms with Crippen LogP contribution in [0.15, 0.2) is 11.8 Å². The number of morpholine rings is 1. The van der Waals surface area contributed by atoms with Gasteiger partial charge in [-0.05, 0) is 6.92 Å². The van der Waals surface area contributed by atoms with Gasteiger partial charge in [0, 0.05) is 31.1 Å². The monoisotopic (exact) mass is 199 g/mol. The van der Waals surface area contributed by atoms with E-state index >= 15 is 0 Å². The molecule has 82 valence electrons. The molecular weight excluding hydrogens is 178 g/mol. The Morgan fingerprint density at radius 2 is 2.14 bits per heavy atom. The first-order chi connectivity index (χ1) is 6.77. The first-order valence-corrected chi connectivity index (χ1v) is 5.06. The van der Waals surface area contributed by atoms with Gasteiger partial charge in [-0.1, -0.05) is 13.8 Å². The van der Waals surface area contributed by atoms with Gasteiger partial charge in [0.15, 0.2) is 0 Å². The van der Waals surface area contributed by atoms with Gasteiger partial charge in [0.25, 0.3) is 0 Å². The van der Waals surface area contributed by atoms with E-state index in [1.165, 1.54) is 12.4 Å². The molecule has 0 saturated carbocycles. The van der Waals surface area contributed by atoms with Gasteiger partial charge in [0.05, 0.1) is 12.2 Å². The predicted octanol–water partition coefficient (Wildman–Crippen LogP) is 0.882. The molecule has 0 aromatic heterocycles. The number of ether oxygens (including phenoxy) is 1. The number of hydrogen-bond acceptors (Lipinski definition) is 4. The van der Waals surface area contributed by atoms with Crippen LogP contribution in [0.2, 0.25) is 0 Å². The molecule has 1 aliphatic rings. The Labute approximate surface area is 86.0 Å². The zero-order valence-corrected chi connectivity index (χ0v) is 9.21. The van der Waals surface area contributed by atoms with E-state index in [0.29, 0.717) is 0 Å². The maximum atomic E-state index is 7.08. The van der Waals surface area contributed by atoms with Crippen molar-refractivity contribution in [3.63, 3.8) is 0 Å². The van der Waals surface area contributed by atoms with Crippen LogP contribution in [-0.2, 0) is 4.74 Å². The van der Waals surface area contributed by atoms with E-state index in [1.54, 1.807) is 0 Å². The average molecular weight is 199 g/mol. The van der Waals surface area contributed by atoms with E-state index in [1.807, 2.05) is 20.8 Å². The van der Waals surface area contributed by atoms with E-state index in [2.05, 4.69) is 5.32 Å². The van der Waals surface area contributed by atoms with Crippen LogP contribution in [0.5, 0.6) is 0 Å². The van der Waals surface area contributed by atoms with Crippen LogP contribution in [0, 0.1) is 5.41 Å². The number of nitrogens with two attached hydrogens (primary N) is 1. The minimum absolute atomic E-state index is 0.0590. The quantitative estimate of drug-likeness (QED) is 0.578. The SMILES string of the molecule is CC.CC1CNCC(/C(C=N)=C/N)O1. The van der Waals surface area contributed by atoms with Gasteiger partial charge in [-0.25, -0.2) is 0 Å². The summed E-state index contributed by atoms with van der Waals surface area (Å²) in [5, 5.41) is 10.3. The van der Waals surface area contributed by atoms with Crippen molar-refractivity contribution in [3.05, 3.63) is 11.8 Å². The molecule has 1 heterocycles. The molecule has 0 spiro atoms. The molecule has 0 aliphatic carbocycles. The normalized spacial score (nSPS) is 27.5. The Balaban J connectivity index is 0.000000791. The fourth-order valence-electron chi connectivity index (χ4n) is 1.24. The van der Waals surface area contributed by atoms with Crippen LogP contribution in [-0.4, -0.2) is 31.5 Å². The smallest absolute Gasteiger partial charge is 0.0981 e. The van der Waals surface area contributed by atoms with Crippen LogP contribution in [0.1, 0.15) is 20.8 Å². The van der Waals surface area contributed by atoms with Crippen LogP contribution >= 0.6 is 0 Å². The molecule has 14 heavy (non-hydrogen) atoms. The van der Waals surface area contributed by atoms with Crippen molar-refractivity contribution in [1.29, 1.82) is 5.41 Å². The van der Waals surface area contributed by atoms with Crippen LogP contribution in [0.25, 0.3) is 0 Å². The second-order valence-electron chi connectivity index (χ2n) is 2.90. The molecule has 1 rings (SSSR count). The summed E-state index contributed by atoms with van der Waals surface area (Å²) < 4.78 is 5.57. The number of hydrogen-bond donors (Lipinski definition) is 3. The van der Waals surface area contributed by atoms with Gasteiger partial charge < -0.3 is 21.2 Å². The van der Waals surface area contributed by atoms with E-state index in [-0.39, 0.29) is 12.2 Å². The predicted molar refractivity (Wildman–Crippen MR) is 59.6 cm³/mol. The summed E-state index contributed by atoms with van der Waals surface area (Å²) >= 11 is 0. The van der Waals surface area contributed by atoms with Crippen molar-refractivity contribution in [2.24, 2.45) is 5.73 Å². The Bertz CT molecular complexity index is 192. The molecular formula is C10H21N3O. The summed E-state index contributed by atoms with van der Waals surface area (Å²) in [5.41, 5.74) is 6.07. The van der Waals surface area contributed by atoms with Gasteiger partial charge in [-0.3, -0.25) is 0 Å². The zero-order valence-electron chi connectivity index (χ0n) is 9.21. The van der Waals surface area contributed by atoms with Gasteiger partial charge >= 0.3 is 0 Å². The first kappa shape index (κ1) is 13.1. The van der Waals surface area contributed by atoms with Crippen molar-refractivity contribution in [2.45, 2.75) is 33.0 Å². The lowest BCUT2D eigenvalue weighted by atomic mass is 10.1. The van der Waals surface area contributed by atoms with Gasteiger partial charge in [-0.15, -0.1) is 0 Å². The van der Waals surface area contributed by atoms with Crippen molar-refractivity contribution < 1.29 is 4.74 Å². The molecule has 2 unspecified atom stereocenters. The second kappa shape index (κ2) is 7.53. The van der Waals surface area contributed by atoms with Crippen molar-refractivity contribution in [1.82, 2.24) is 5.32 Å². The van der Waals surface area contributed by atoms with Crippen molar-refractivity contribution in [3.8, 4) is 0 Å². The highest BCUT2D eigenvalue weighted by molar-refractivity contribution is 5.77. The third-order valence-corrected chi connectivity index (χ3v) is 1.89. The third-order valence-electron chi connectivity index (χ3n) is 1.89. The maximum absolute atomic E-state index is 7.08. The minimum Gasteiger partial charge on any atom is -0.404 e. The molecule has 1 aliphatic heterocycles. The molecule has 0 radical (unpaired) electrons. The second-order valence-corrected chi connectivity index (χ2v) is 2.90. The van der Waals surface area contributed by atoms with E-state index < -0.39 is 0 Å². The highest BCUT2D eigenvalue weighted by Crippen LogP contribution is 2.09. The lowest BCUT2D eigenvalue weighted by molar-refractivity contribution is -0.00446. The maximum Gasteiger partial charge on any atom is 0.0981 e. The van der Waals surface area contributed by atoms with Crippen LogP contribution in [0.3, 0.4) is 0 Å². The summed E-state index contributed by atoms with van der Waals surface area (Å²) in [7, 11) is 0. The lowest BCUT2D eigenvalue weighted by Gasteiger charge is -2.28. The van der Waals surface area contributed by atoms with Gasteiger partial charge in [0.2, 0.25) is 0 Å². The molecule has 1 saturated heterocycles. The minimum atomic E-state index is -0.0590. The Morgan fingerprint density at radius 3 is 2.57 bits per heavy atom. The summed E-state index contributed by atoms with van der Waals surface area (Å²) in [6.45, 7) is 7.60. The van der Waals surface area contributed by atoms with Crippen molar-refractivity contribution >= 4 is 6.21 Å². The average Bonchev–Trinajstić information content (AvgIpc) is 2.23. The highest BCUT2D eigenvalue weighted by atomic mass is 16.5. The fourth-order valence-corrected chi connectivity index (χ4v) is 1.24. The Kier molecular flexibility index (Phi) is 7.06. The van der Waals surface area contributed by atoms with Gasteiger partial charge in [-0.2, -0.15) is 0 Å². The summed E-state index contributed by atoms with van der Waals surface area (Å²) in [5.74, 6) is 0. The highest BCUT2D eigenvalue weighted by Gasteiger charge is 2.20. The van der Waals surface area contributed by atoms with E-state index in [4.69, 9.17) is 15.9 Å². The molecule has 0 aromatic rings. The molecule has 1 fully saturated rings. The largest absolute Gasteiger partial charge is 0.404 e.